The Morgan fingerprint density at radius 2 is 2.12 bits per heavy atom. The summed E-state index contributed by atoms with van der Waals surface area (Å²) in [7, 11) is 0. The van der Waals surface area contributed by atoms with Crippen molar-refractivity contribution in [2.45, 2.75) is 26.0 Å². The summed E-state index contributed by atoms with van der Waals surface area (Å²) < 4.78 is 18.2. The molecular formula is C11H14FNO3. The van der Waals surface area contributed by atoms with Crippen LogP contribution >= 0.6 is 0 Å². The Kier molecular flexibility index (Phi) is 3.84. The molecule has 5 heteroatoms. The fourth-order valence-electron chi connectivity index (χ4n) is 1.22. The first kappa shape index (κ1) is 12.4. The average Bonchev–Trinajstić information content (AvgIpc) is 2.20. The van der Waals surface area contributed by atoms with E-state index in [0.717, 1.165) is 0 Å². The second-order valence-corrected chi connectivity index (χ2v) is 3.57. The Balaban J connectivity index is 2.99. The van der Waals surface area contributed by atoms with Crippen molar-refractivity contribution >= 4 is 5.97 Å². The van der Waals surface area contributed by atoms with Crippen molar-refractivity contribution < 1.29 is 19.0 Å². The molecule has 1 aromatic carbocycles. The quantitative estimate of drug-likeness (QED) is 0.821. The fraction of sp³-hybridized carbons (Fsp3) is 0.364. The third-order valence-electron chi connectivity index (χ3n) is 2.11. The van der Waals surface area contributed by atoms with E-state index in [4.69, 9.17) is 15.6 Å². The number of carboxylic acid groups (broad SMARTS) is 1. The number of carboxylic acids is 1. The van der Waals surface area contributed by atoms with Crippen LogP contribution in [0.1, 0.15) is 25.5 Å². The molecule has 0 saturated heterocycles. The molecule has 0 heterocycles. The molecule has 0 aliphatic rings. The molecule has 0 aromatic heterocycles. The van der Waals surface area contributed by atoms with Gasteiger partial charge in [0, 0.05) is 11.6 Å². The van der Waals surface area contributed by atoms with E-state index >= 15 is 0 Å². The number of benzene rings is 1. The van der Waals surface area contributed by atoms with Crippen LogP contribution in [0.25, 0.3) is 0 Å². The van der Waals surface area contributed by atoms with E-state index in [2.05, 4.69) is 0 Å². The summed E-state index contributed by atoms with van der Waals surface area (Å²) in [5.74, 6) is -1.21. The molecule has 0 saturated carbocycles. The number of rotatable bonds is 4. The number of carbonyl (C=O) groups is 1. The Morgan fingerprint density at radius 3 is 2.62 bits per heavy atom. The maximum absolute atomic E-state index is 13.0. The molecule has 3 N–H and O–H groups in total. The minimum absolute atomic E-state index is 0.298. The molecule has 0 spiro atoms. The van der Waals surface area contributed by atoms with Gasteiger partial charge in [0.15, 0.2) is 6.10 Å². The predicted octanol–water partition coefficient (Wildman–Crippen LogP) is 1.70. The van der Waals surface area contributed by atoms with E-state index in [0.29, 0.717) is 11.3 Å². The Morgan fingerprint density at radius 1 is 1.50 bits per heavy atom. The van der Waals surface area contributed by atoms with Gasteiger partial charge in [0.2, 0.25) is 0 Å². The number of ether oxygens (including phenoxy) is 1. The summed E-state index contributed by atoms with van der Waals surface area (Å²) >= 11 is 0. The molecule has 0 bridgehead atoms. The van der Waals surface area contributed by atoms with Gasteiger partial charge in [-0.15, -0.1) is 0 Å². The van der Waals surface area contributed by atoms with Crippen molar-refractivity contribution in [2.75, 3.05) is 0 Å². The highest BCUT2D eigenvalue weighted by Crippen LogP contribution is 2.25. The summed E-state index contributed by atoms with van der Waals surface area (Å²) in [6.07, 6.45) is -0.997. The van der Waals surface area contributed by atoms with Crippen molar-refractivity contribution in [1.82, 2.24) is 0 Å². The number of hydrogen-bond donors (Lipinski definition) is 2. The third kappa shape index (κ3) is 2.93. The van der Waals surface area contributed by atoms with Crippen LogP contribution < -0.4 is 10.5 Å². The van der Waals surface area contributed by atoms with Gasteiger partial charge in [-0.1, -0.05) is 0 Å². The van der Waals surface area contributed by atoms with Gasteiger partial charge >= 0.3 is 5.97 Å². The zero-order valence-corrected chi connectivity index (χ0v) is 9.11. The van der Waals surface area contributed by atoms with Gasteiger partial charge in [-0.05, 0) is 32.0 Å². The predicted molar refractivity (Wildman–Crippen MR) is 56.7 cm³/mol. The third-order valence-corrected chi connectivity index (χ3v) is 2.11. The number of halogens is 1. The first-order chi connectivity index (χ1) is 7.41. The maximum Gasteiger partial charge on any atom is 0.344 e. The van der Waals surface area contributed by atoms with E-state index < -0.39 is 23.9 Å². The Bertz CT molecular complexity index is 393. The zero-order valence-electron chi connectivity index (χ0n) is 9.11. The molecule has 0 aliphatic carbocycles. The number of aliphatic carboxylic acids is 1. The number of nitrogens with two attached hydrogens (primary N) is 1. The second-order valence-electron chi connectivity index (χ2n) is 3.57. The first-order valence-corrected chi connectivity index (χ1v) is 4.86. The summed E-state index contributed by atoms with van der Waals surface area (Å²) in [6.45, 7) is 3.07. The first-order valence-electron chi connectivity index (χ1n) is 4.86. The molecule has 1 rings (SSSR count). The van der Waals surface area contributed by atoms with E-state index in [1.807, 2.05) is 0 Å². The standard InChI is InChI=1S/C11H14FNO3/c1-6(13)9-5-8(12)3-4-10(9)16-7(2)11(14)15/h3-7H,13H2,1-2H3,(H,14,15)/t6-,7?/m1/s1. The van der Waals surface area contributed by atoms with Crippen LogP contribution in [0.2, 0.25) is 0 Å². The average molecular weight is 227 g/mol. The van der Waals surface area contributed by atoms with Crippen LogP contribution in [0.5, 0.6) is 5.75 Å². The van der Waals surface area contributed by atoms with E-state index in [-0.39, 0.29) is 0 Å². The zero-order chi connectivity index (χ0) is 12.3. The molecule has 2 atom stereocenters. The molecule has 0 fully saturated rings. The summed E-state index contributed by atoms with van der Waals surface area (Å²) in [6, 6.07) is 3.41. The monoisotopic (exact) mass is 227 g/mol. The summed E-state index contributed by atoms with van der Waals surface area (Å²) in [5.41, 5.74) is 6.09. The van der Waals surface area contributed by atoms with Crippen LogP contribution in [0.15, 0.2) is 18.2 Å². The lowest BCUT2D eigenvalue weighted by atomic mass is 10.1. The van der Waals surface area contributed by atoms with Crippen molar-refractivity contribution in [3.05, 3.63) is 29.6 Å². The fourth-order valence-corrected chi connectivity index (χ4v) is 1.22. The van der Waals surface area contributed by atoms with Crippen molar-refractivity contribution in [1.29, 1.82) is 0 Å². The molecule has 0 aliphatic heterocycles. The molecular weight excluding hydrogens is 213 g/mol. The van der Waals surface area contributed by atoms with Crippen LogP contribution in [0.4, 0.5) is 4.39 Å². The molecule has 1 aromatic rings. The molecule has 0 amide bonds. The largest absolute Gasteiger partial charge is 0.479 e. The van der Waals surface area contributed by atoms with Crippen LogP contribution in [-0.4, -0.2) is 17.2 Å². The molecule has 1 unspecified atom stereocenters. The topological polar surface area (TPSA) is 72.5 Å². The van der Waals surface area contributed by atoms with Gasteiger partial charge in [0.05, 0.1) is 0 Å². The highest BCUT2D eigenvalue weighted by molar-refractivity contribution is 5.72. The van der Waals surface area contributed by atoms with E-state index in [9.17, 15) is 9.18 Å². The van der Waals surface area contributed by atoms with Gasteiger partial charge < -0.3 is 15.6 Å². The van der Waals surface area contributed by atoms with Crippen LogP contribution in [-0.2, 0) is 4.79 Å². The second kappa shape index (κ2) is 4.94. The Hall–Kier alpha value is -1.62. The molecule has 88 valence electrons. The summed E-state index contributed by atoms with van der Waals surface area (Å²) in [5, 5.41) is 8.70. The lowest BCUT2D eigenvalue weighted by Crippen LogP contribution is -2.24. The van der Waals surface area contributed by atoms with Gasteiger partial charge in [0.1, 0.15) is 11.6 Å². The normalized spacial score (nSPS) is 14.2. The van der Waals surface area contributed by atoms with E-state index in [1.54, 1.807) is 6.92 Å². The molecule has 4 nitrogen and oxygen atoms in total. The highest BCUT2D eigenvalue weighted by Gasteiger charge is 2.16. The lowest BCUT2D eigenvalue weighted by Gasteiger charge is -2.16. The van der Waals surface area contributed by atoms with Crippen molar-refractivity contribution in [3.8, 4) is 5.75 Å². The van der Waals surface area contributed by atoms with Crippen LogP contribution in [0, 0.1) is 5.82 Å². The smallest absolute Gasteiger partial charge is 0.344 e. The SMILES string of the molecule is CC(Oc1ccc(F)cc1[C@@H](C)N)C(=O)O. The van der Waals surface area contributed by atoms with Crippen LogP contribution in [0.3, 0.4) is 0 Å². The van der Waals surface area contributed by atoms with Gasteiger partial charge in [-0.3, -0.25) is 0 Å². The van der Waals surface area contributed by atoms with Gasteiger partial charge in [-0.2, -0.15) is 0 Å². The maximum atomic E-state index is 13.0. The molecule has 16 heavy (non-hydrogen) atoms. The van der Waals surface area contributed by atoms with Crippen molar-refractivity contribution in [2.24, 2.45) is 5.73 Å². The summed E-state index contributed by atoms with van der Waals surface area (Å²) in [4.78, 5) is 10.6. The minimum atomic E-state index is -1.08. The Labute approximate surface area is 92.8 Å². The minimum Gasteiger partial charge on any atom is -0.479 e. The van der Waals surface area contributed by atoms with E-state index in [1.165, 1.54) is 25.1 Å². The number of hydrogen-bond acceptors (Lipinski definition) is 3. The van der Waals surface area contributed by atoms with Gasteiger partial charge in [0.25, 0.3) is 0 Å². The molecule has 0 radical (unpaired) electrons. The lowest BCUT2D eigenvalue weighted by molar-refractivity contribution is -0.144. The van der Waals surface area contributed by atoms with Gasteiger partial charge in [-0.25, -0.2) is 9.18 Å². The van der Waals surface area contributed by atoms with Crippen molar-refractivity contribution in [3.63, 3.8) is 0 Å². The highest BCUT2D eigenvalue weighted by atomic mass is 19.1.